The van der Waals surface area contributed by atoms with Crippen molar-refractivity contribution in [3.63, 3.8) is 0 Å². The summed E-state index contributed by atoms with van der Waals surface area (Å²) in [4.78, 5) is 15.6. The second kappa shape index (κ2) is 4.42. The van der Waals surface area contributed by atoms with Crippen LogP contribution < -0.4 is 5.32 Å². The third-order valence-corrected chi connectivity index (χ3v) is 1.93. The molecular formula is C10H18N4O. The van der Waals surface area contributed by atoms with Crippen molar-refractivity contribution in [2.75, 3.05) is 6.54 Å². The monoisotopic (exact) mass is 210 g/mol. The molecule has 1 aromatic rings. The van der Waals surface area contributed by atoms with Crippen LogP contribution in [0.5, 0.6) is 0 Å². The van der Waals surface area contributed by atoms with E-state index in [9.17, 15) is 4.79 Å². The average molecular weight is 210 g/mol. The van der Waals surface area contributed by atoms with Crippen LogP contribution in [0.2, 0.25) is 0 Å². The Morgan fingerprint density at radius 1 is 1.47 bits per heavy atom. The predicted octanol–water partition coefficient (Wildman–Crippen LogP) is 1.24. The molecule has 0 fully saturated rings. The van der Waals surface area contributed by atoms with Crippen LogP contribution in [0.4, 0.5) is 0 Å². The first-order valence-corrected chi connectivity index (χ1v) is 5.16. The molecule has 0 saturated heterocycles. The van der Waals surface area contributed by atoms with Gasteiger partial charge in [-0.05, 0) is 6.42 Å². The van der Waals surface area contributed by atoms with Crippen LogP contribution in [0.1, 0.15) is 50.6 Å². The number of hydrogen-bond donors (Lipinski definition) is 2. The molecule has 1 amide bonds. The zero-order valence-electron chi connectivity index (χ0n) is 9.72. The van der Waals surface area contributed by atoms with Gasteiger partial charge in [-0.3, -0.25) is 9.89 Å². The first-order chi connectivity index (χ1) is 6.95. The van der Waals surface area contributed by atoms with Crippen LogP contribution in [0, 0.1) is 0 Å². The standard InChI is InChI=1S/C10H18N4O/c1-5-6-11-8(15)7-12-9(14-13-7)10(2,3)4/h5-6H2,1-4H3,(H,11,15)(H,12,13,14). The van der Waals surface area contributed by atoms with Crippen molar-refractivity contribution in [1.82, 2.24) is 20.5 Å². The number of amides is 1. The van der Waals surface area contributed by atoms with E-state index >= 15 is 0 Å². The second-order valence-electron chi connectivity index (χ2n) is 4.51. The van der Waals surface area contributed by atoms with Gasteiger partial charge in [0.2, 0.25) is 5.82 Å². The summed E-state index contributed by atoms with van der Waals surface area (Å²) in [6, 6.07) is 0. The molecule has 0 aliphatic rings. The molecule has 0 radical (unpaired) electrons. The van der Waals surface area contributed by atoms with E-state index in [1.165, 1.54) is 0 Å². The molecular weight excluding hydrogens is 192 g/mol. The highest BCUT2D eigenvalue weighted by Crippen LogP contribution is 2.17. The molecule has 15 heavy (non-hydrogen) atoms. The number of H-pyrrole nitrogens is 1. The van der Waals surface area contributed by atoms with Gasteiger partial charge in [-0.15, -0.1) is 5.10 Å². The van der Waals surface area contributed by atoms with Crippen molar-refractivity contribution in [3.05, 3.63) is 11.6 Å². The highest BCUT2D eigenvalue weighted by Gasteiger charge is 2.20. The van der Waals surface area contributed by atoms with Crippen LogP contribution in [0.15, 0.2) is 0 Å². The maximum atomic E-state index is 11.5. The van der Waals surface area contributed by atoms with Gasteiger partial charge in [0.1, 0.15) is 5.82 Å². The van der Waals surface area contributed by atoms with Crippen LogP contribution in [-0.2, 0) is 5.41 Å². The highest BCUT2D eigenvalue weighted by molar-refractivity contribution is 5.90. The lowest BCUT2D eigenvalue weighted by atomic mass is 9.96. The van der Waals surface area contributed by atoms with Gasteiger partial charge in [-0.1, -0.05) is 27.7 Å². The summed E-state index contributed by atoms with van der Waals surface area (Å²) >= 11 is 0. The second-order valence-corrected chi connectivity index (χ2v) is 4.51. The number of rotatable bonds is 3. The summed E-state index contributed by atoms with van der Waals surface area (Å²) < 4.78 is 0. The van der Waals surface area contributed by atoms with Gasteiger partial charge in [0, 0.05) is 12.0 Å². The van der Waals surface area contributed by atoms with Crippen molar-refractivity contribution in [2.45, 2.75) is 39.5 Å². The normalized spacial score (nSPS) is 11.5. The number of hydrogen-bond acceptors (Lipinski definition) is 3. The van der Waals surface area contributed by atoms with Gasteiger partial charge in [0.25, 0.3) is 5.91 Å². The van der Waals surface area contributed by atoms with Crippen LogP contribution in [0.25, 0.3) is 0 Å². The molecule has 0 bridgehead atoms. The molecule has 2 N–H and O–H groups in total. The van der Waals surface area contributed by atoms with Crippen molar-refractivity contribution in [1.29, 1.82) is 0 Å². The molecule has 0 aliphatic heterocycles. The van der Waals surface area contributed by atoms with Crippen molar-refractivity contribution >= 4 is 5.91 Å². The van der Waals surface area contributed by atoms with E-state index in [4.69, 9.17) is 0 Å². The quantitative estimate of drug-likeness (QED) is 0.788. The molecule has 0 saturated carbocycles. The number of nitrogens with one attached hydrogen (secondary N) is 2. The Morgan fingerprint density at radius 2 is 2.13 bits per heavy atom. The summed E-state index contributed by atoms with van der Waals surface area (Å²) in [5.41, 5.74) is -0.115. The largest absolute Gasteiger partial charge is 0.349 e. The lowest BCUT2D eigenvalue weighted by molar-refractivity contribution is 0.0943. The molecule has 0 spiro atoms. The summed E-state index contributed by atoms with van der Waals surface area (Å²) in [5.74, 6) is 0.723. The van der Waals surface area contributed by atoms with Gasteiger partial charge in [0.05, 0.1) is 0 Å². The van der Waals surface area contributed by atoms with Gasteiger partial charge < -0.3 is 5.32 Å². The minimum Gasteiger partial charge on any atom is -0.349 e. The average Bonchev–Trinajstić information content (AvgIpc) is 2.62. The summed E-state index contributed by atoms with van der Waals surface area (Å²) in [7, 11) is 0. The van der Waals surface area contributed by atoms with Crippen molar-refractivity contribution in [2.24, 2.45) is 0 Å². The SMILES string of the molecule is CCCNC(=O)c1n[nH]c(C(C)(C)C)n1. The number of aromatic nitrogens is 3. The topological polar surface area (TPSA) is 70.7 Å². The summed E-state index contributed by atoms with van der Waals surface area (Å²) in [6.45, 7) is 8.70. The Kier molecular flexibility index (Phi) is 3.44. The first-order valence-electron chi connectivity index (χ1n) is 5.16. The maximum absolute atomic E-state index is 11.5. The molecule has 5 heteroatoms. The molecule has 0 unspecified atom stereocenters. The van der Waals surface area contributed by atoms with Crippen LogP contribution >= 0.6 is 0 Å². The van der Waals surface area contributed by atoms with Gasteiger partial charge in [0.15, 0.2) is 0 Å². The van der Waals surface area contributed by atoms with Crippen molar-refractivity contribution < 1.29 is 4.79 Å². The van der Waals surface area contributed by atoms with E-state index in [1.807, 2.05) is 27.7 Å². The van der Waals surface area contributed by atoms with E-state index in [-0.39, 0.29) is 17.1 Å². The van der Waals surface area contributed by atoms with Gasteiger partial charge in [-0.2, -0.15) is 0 Å². The zero-order valence-corrected chi connectivity index (χ0v) is 9.72. The van der Waals surface area contributed by atoms with Crippen LogP contribution in [-0.4, -0.2) is 27.6 Å². The fraction of sp³-hybridized carbons (Fsp3) is 0.700. The van der Waals surface area contributed by atoms with Crippen molar-refractivity contribution in [3.8, 4) is 0 Å². The summed E-state index contributed by atoms with van der Waals surface area (Å²) in [5, 5.41) is 9.40. The lowest BCUT2D eigenvalue weighted by Crippen LogP contribution is -2.25. The Bertz CT molecular complexity index is 337. The number of carbonyl (C=O) groups is 1. The van der Waals surface area contributed by atoms with Gasteiger partial charge >= 0.3 is 0 Å². The third kappa shape index (κ3) is 3.04. The lowest BCUT2D eigenvalue weighted by Gasteiger charge is -2.12. The number of aromatic amines is 1. The first kappa shape index (κ1) is 11.7. The highest BCUT2D eigenvalue weighted by atomic mass is 16.2. The van der Waals surface area contributed by atoms with E-state index in [0.717, 1.165) is 12.2 Å². The molecule has 1 heterocycles. The fourth-order valence-electron chi connectivity index (χ4n) is 1.02. The molecule has 1 rings (SSSR count). The molecule has 5 nitrogen and oxygen atoms in total. The maximum Gasteiger partial charge on any atom is 0.290 e. The number of nitrogens with zero attached hydrogens (tertiary/aromatic N) is 2. The summed E-state index contributed by atoms with van der Waals surface area (Å²) in [6.07, 6.45) is 0.905. The Hall–Kier alpha value is -1.39. The predicted molar refractivity (Wildman–Crippen MR) is 57.7 cm³/mol. The molecule has 0 aromatic carbocycles. The van der Waals surface area contributed by atoms with E-state index in [2.05, 4.69) is 20.5 Å². The Morgan fingerprint density at radius 3 is 2.60 bits per heavy atom. The molecule has 0 aliphatic carbocycles. The van der Waals surface area contributed by atoms with E-state index in [0.29, 0.717) is 6.54 Å². The minimum absolute atomic E-state index is 0.115. The minimum atomic E-state index is -0.219. The van der Waals surface area contributed by atoms with E-state index < -0.39 is 0 Å². The van der Waals surface area contributed by atoms with Crippen LogP contribution in [0.3, 0.4) is 0 Å². The Labute approximate surface area is 89.7 Å². The Balaban J connectivity index is 2.72. The third-order valence-electron chi connectivity index (χ3n) is 1.93. The number of carbonyl (C=O) groups excluding carboxylic acids is 1. The molecule has 1 aromatic heterocycles. The zero-order chi connectivity index (χ0) is 11.5. The smallest absolute Gasteiger partial charge is 0.290 e. The fourth-order valence-corrected chi connectivity index (χ4v) is 1.02. The van der Waals surface area contributed by atoms with E-state index in [1.54, 1.807) is 0 Å². The molecule has 84 valence electrons. The molecule has 0 atom stereocenters. The van der Waals surface area contributed by atoms with Gasteiger partial charge in [-0.25, -0.2) is 4.98 Å².